The molecule has 0 amide bonds. The van der Waals surface area contributed by atoms with Crippen LogP contribution in [-0.4, -0.2) is 34.8 Å². The van der Waals surface area contributed by atoms with Gasteiger partial charge in [-0.2, -0.15) is 15.0 Å². The topological polar surface area (TPSA) is 78.6 Å². The summed E-state index contributed by atoms with van der Waals surface area (Å²) in [5.41, 5.74) is 0.986. The third-order valence-corrected chi connectivity index (χ3v) is 2.28. The summed E-state index contributed by atoms with van der Waals surface area (Å²) in [5, 5.41) is 0.555. The molecule has 0 radical (unpaired) electrons. The normalized spacial score (nSPS) is 10.1. The Kier molecular flexibility index (Phi) is 2.76. The minimum absolute atomic E-state index is 0.192. The molecule has 0 aromatic carbocycles. The van der Waals surface area contributed by atoms with Gasteiger partial charge in [0.2, 0.25) is 12.0 Å². The minimum atomic E-state index is 0.192. The summed E-state index contributed by atoms with van der Waals surface area (Å²) in [6.45, 7) is 0. The zero-order valence-electron chi connectivity index (χ0n) is 9.59. The summed E-state index contributed by atoms with van der Waals surface area (Å²) >= 11 is 0. The van der Waals surface area contributed by atoms with Crippen molar-refractivity contribution in [2.24, 2.45) is 12.0 Å². The number of fused-ring (bicyclic) bond motifs is 1. The van der Waals surface area contributed by atoms with E-state index in [1.165, 1.54) is 20.3 Å². The molecule has 2 heterocycles. The van der Waals surface area contributed by atoms with Crippen molar-refractivity contribution >= 4 is 22.8 Å². The molecule has 0 aliphatic carbocycles. The SMILES string of the molecule is COc1nc(OC)c2c(N=C=O)cn(C)c2n1. The average Bonchev–Trinajstić information content (AvgIpc) is 2.66. The van der Waals surface area contributed by atoms with E-state index in [1.54, 1.807) is 17.8 Å². The highest BCUT2D eigenvalue weighted by atomic mass is 16.5. The van der Waals surface area contributed by atoms with E-state index in [0.717, 1.165) is 0 Å². The highest BCUT2D eigenvalue weighted by Crippen LogP contribution is 2.34. The van der Waals surface area contributed by atoms with E-state index in [1.807, 2.05) is 0 Å². The second-order valence-corrected chi connectivity index (χ2v) is 3.25. The van der Waals surface area contributed by atoms with E-state index < -0.39 is 0 Å². The lowest BCUT2D eigenvalue weighted by atomic mass is 10.3. The van der Waals surface area contributed by atoms with Gasteiger partial charge in [0, 0.05) is 13.2 Å². The molecule has 0 saturated carbocycles. The van der Waals surface area contributed by atoms with Gasteiger partial charge in [0.05, 0.1) is 14.2 Å². The molecular weight excluding hydrogens is 224 g/mol. The quantitative estimate of drug-likeness (QED) is 0.583. The number of hydrogen-bond acceptors (Lipinski definition) is 6. The number of aliphatic imine (C=N–C) groups is 1. The molecule has 0 aliphatic rings. The summed E-state index contributed by atoms with van der Waals surface area (Å²) in [6, 6.07) is 0.192. The maximum absolute atomic E-state index is 10.3. The largest absolute Gasteiger partial charge is 0.480 e. The number of ether oxygens (including phenoxy) is 2. The van der Waals surface area contributed by atoms with Crippen molar-refractivity contribution in [2.75, 3.05) is 14.2 Å². The van der Waals surface area contributed by atoms with Gasteiger partial charge in [-0.05, 0) is 0 Å². The Morgan fingerprint density at radius 2 is 2.12 bits per heavy atom. The second-order valence-electron chi connectivity index (χ2n) is 3.25. The summed E-state index contributed by atoms with van der Waals surface area (Å²) in [4.78, 5) is 22.1. The van der Waals surface area contributed by atoms with Gasteiger partial charge < -0.3 is 14.0 Å². The lowest BCUT2D eigenvalue weighted by Gasteiger charge is -2.04. The van der Waals surface area contributed by atoms with Crippen LogP contribution in [0.5, 0.6) is 11.9 Å². The number of rotatable bonds is 3. The molecule has 0 fully saturated rings. The Morgan fingerprint density at radius 3 is 2.71 bits per heavy atom. The van der Waals surface area contributed by atoms with Crippen molar-refractivity contribution in [3.05, 3.63) is 6.20 Å². The molecule has 2 aromatic heterocycles. The Labute approximate surface area is 96.7 Å². The molecule has 88 valence electrons. The first-order valence-corrected chi connectivity index (χ1v) is 4.74. The molecule has 0 aliphatic heterocycles. The zero-order valence-corrected chi connectivity index (χ0v) is 9.59. The number of hydrogen-bond donors (Lipinski definition) is 0. The van der Waals surface area contributed by atoms with Crippen molar-refractivity contribution in [1.29, 1.82) is 0 Å². The molecule has 0 spiro atoms. The first-order chi connectivity index (χ1) is 8.21. The van der Waals surface area contributed by atoms with Crippen molar-refractivity contribution in [1.82, 2.24) is 14.5 Å². The van der Waals surface area contributed by atoms with Crippen LogP contribution in [0.3, 0.4) is 0 Å². The van der Waals surface area contributed by atoms with E-state index in [2.05, 4.69) is 15.0 Å². The molecule has 7 nitrogen and oxygen atoms in total. The summed E-state index contributed by atoms with van der Waals surface area (Å²) in [5.74, 6) is 0.307. The van der Waals surface area contributed by atoms with E-state index in [0.29, 0.717) is 22.6 Å². The molecule has 0 unspecified atom stereocenters. The predicted octanol–water partition coefficient (Wildman–Crippen LogP) is 0.953. The van der Waals surface area contributed by atoms with Crippen LogP contribution in [0.2, 0.25) is 0 Å². The van der Waals surface area contributed by atoms with Gasteiger partial charge in [0.25, 0.3) is 0 Å². The number of carbonyl (C=O) groups excluding carboxylic acids is 1. The van der Waals surface area contributed by atoms with E-state index >= 15 is 0 Å². The van der Waals surface area contributed by atoms with Gasteiger partial charge in [-0.25, -0.2) is 4.79 Å². The summed E-state index contributed by atoms with van der Waals surface area (Å²) in [6.07, 6.45) is 3.13. The van der Waals surface area contributed by atoms with Crippen LogP contribution in [0, 0.1) is 0 Å². The zero-order chi connectivity index (χ0) is 12.4. The molecule has 2 aromatic rings. The molecule has 0 N–H and O–H groups in total. The van der Waals surface area contributed by atoms with Crippen molar-refractivity contribution < 1.29 is 14.3 Å². The van der Waals surface area contributed by atoms with Crippen LogP contribution in [0.25, 0.3) is 11.0 Å². The average molecular weight is 234 g/mol. The van der Waals surface area contributed by atoms with Crippen LogP contribution in [0.4, 0.5) is 5.69 Å². The summed E-state index contributed by atoms with van der Waals surface area (Å²) in [7, 11) is 4.72. The third-order valence-electron chi connectivity index (χ3n) is 2.28. The maximum Gasteiger partial charge on any atom is 0.321 e. The molecule has 17 heavy (non-hydrogen) atoms. The summed E-state index contributed by atoms with van der Waals surface area (Å²) < 4.78 is 11.8. The fraction of sp³-hybridized carbons (Fsp3) is 0.300. The molecule has 0 saturated heterocycles. The standard InChI is InChI=1S/C10H10N4O3/c1-14-4-6(11-5-15)7-8(14)12-10(17-3)13-9(7)16-2/h4H,1-3H3. The van der Waals surface area contributed by atoms with Gasteiger partial charge in [0.1, 0.15) is 11.1 Å². The van der Waals surface area contributed by atoms with Gasteiger partial charge in [0.15, 0.2) is 5.65 Å². The lowest BCUT2D eigenvalue weighted by Crippen LogP contribution is -1.98. The Morgan fingerprint density at radius 1 is 1.35 bits per heavy atom. The van der Waals surface area contributed by atoms with Crippen molar-refractivity contribution in [3.8, 4) is 11.9 Å². The fourth-order valence-electron chi connectivity index (χ4n) is 1.57. The number of aromatic nitrogens is 3. The minimum Gasteiger partial charge on any atom is -0.480 e. The second kappa shape index (κ2) is 4.23. The lowest BCUT2D eigenvalue weighted by molar-refractivity contribution is 0.356. The number of methoxy groups -OCH3 is 2. The van der Waals surface area contributed by atoms with E-state index in [9.17, 15) is 4.79 Å². The highest BCUT2D eigenvalue weighted by Gasteiger charge is 2.16. The highest BCUT2D eigenvalue weighted by molar-refractivity contribution is 5.94. The van der Waals surface area contributed by atoms with E-state index in [-0.39, 0.29) is 6.01 Å². The Hall–Kier alpha value is -2.40. The predicted molar refractivity (Wildman–Crippen MR) is 59.4 cm³/mol. The molecule has 7 heteroatoms. The van der Waals surface area contributed by atoms with E-state index in [4.69, 9.17) is 9.47 Å². The maximum atomic E-state index is 10.3. The first-order valence-electron chi connectivity index (χ1n) is 4.74. The van der Waals surface area contributed by atoms with Crippen molar-refractivity contribution in [3.63, 3.8) is 0 Å². The number of nitrogens with zero attached hydrogens (tertiary/aromatic N) is 4. The number of aryl methyl sites for hydroxylation is 1. The monoisotopic (exact) mass is 234 g/mol. The van der Waals surface area contributed by atoms with Crippen LogP contribution in [0.1, 0.15) is 0 Å². The number of isocyanates is 1. The van der Waals surface area contributed by atoms with Crippen LogP contribution >= 0.6 is 0 Å². The molecular formula is C10H10N4O3. The van der Waals surface area contributed by atoms with Crippen LogP contribution in [0.15, 0.2) is 11.2 Å². The molecule has 2 rings (SSSR count). The first kappa shape index (κ1) is 11.1. The van der Waals surface area contributed by atoms with Gasteiger partial charge in [-0.15, -0.1) is 0 Å². The smallest absolute Gasteiger partial charge is 0.321 e. The fourth-order valence-corrected chi connectivity index (χ4v) is 1.57. The Bertz CT molecular complexity index is 614. The van der Waals surface area contributed by atoms with Gasteiger partial charge >= 0.3 is 6.01 Å². The van der Waals surface area contributed by atoms with Gasteiger partial charge in [-0.1, -0.05) is 0 Å². The molecule has 0 bridgehead atoms. The molecule has 0 atom stereocenters. The van der Waals surface area contributed by atoms with Crippen LogP contribution < -0.4 is 9.47 Å². The third kappa shape index (κ3) is 1.72. The van der Waals surface area contributed by atoms with Crippen LogP contribution in [-0.2, 0) is 11.8 Å². The van der Waals surface area contributed by atoms with Gasteiger partial charge in [-0.3, -0.25) is 0 Å². The Balaban J connectivity index is 2.85. The van der Waals surface area contributed by atoms with Crippen molar-refractivity contribution in [2.45, 2.75) is 0 Å².